The quantitative estimate of drug-likeness (QED) is 0.0195. The van der Waals surface area contributed by atoms with E-state index in [1.165, 1.54) is 186 Å². The number of nitrogens with zero attached hydrogens (tertiary/aromatic N) is 1. The average molecular weight is 1150 g/mol. The van der Waals surface area contributed by atoms with Crippen LogP contribution < -0.4 is 5.11 Å². The number of rotatable bonds is 63. The van der Waals surface area contributed by atoms with E-state index in [-0.39, 0.29) is 32.2 Å². The number of carboxylic acids is 1. The molecule has 0 spiro atoms. The summed E-state index contributed by atoms with van der Waals surface area (Å²) in [4.78, 5) is 37.4. The monoisotopic (exact) mass is 1150 g/mol. The largest absolute Gasteiger partial charge is 0.545 e. The summed E-state index contributed by atoms with van der Waals surface area (Å²) in [7, 11) is 5.93. The highest BCUT2D eigenvalue weighted by atomic mass is 16.7. The Bertz CT molecular complexity index is 1620. The summed E-state index contributed by atoms with van der Waals surface area (Å²) in [6.07, 6.45) is 82.3. The number of esters is 2. The molecule has 0 rings (SSSR count). The molecule has 474 valence electrons. The number of hydrogen-bond acceptors (Lipinski definition) is 8. The smallest absolute Gasteiger partial charge is 0.306 e. The van der Waals surface area contributed by atoms with Gasteiger partial charge in [-0.3, -0.25) is 9.59 Å². The summed E-state index contributed by atoms with van der Waals surface area (Å²) in [5.74, 6) is -2.27. The van der Waals surface area contributed by atoms with Crippen molar-refractivity contribution in [3.05, 3.63) is 85.1 Å². The summed E-state index contributed by atoms with van der Waals surface area (Å²) in [6, 6.07) is 0. The minimum absolute atomic E-state index is 0.148. The van der Waals surface area contributed by atoms with E-state index in [4.69, 9.17) is 18.9 Å². The van der Waals surface area contributed by atoms with Gasteiger partial charge in [0.2, 0.25) is 0 Å². The van der Waals surface area contributed by atoms with E-state index in [1.807, 2.05) is 21.1 Å². The highest BCUT2D eigenvalue weighted by Crippen LogP contribution is 2.18. The van der Waals surface area contributed by atoms with Crippen molar-refractivity contribution in [2.75, 3.05) is 47.5 Å². The molecule has 0 fully saturated rings. The summed E-state index contributed by atoms with van der Waals surface area (Å²) in [5.41, 5.74) is 0. The first-order valence-corrected chi connectivity index (χ1v) is 34.2. The molecule has 0 aromatic rings. The van der Waals surface area contributed by atoms with Crippen molar-refractivity contribution in [2.24, 2.45) is 0 Å². The predicted molar refractivity (Wildman–Crippen MR) is 348 cm³/mol. The van der Waals surface area contributed by atoms with E-state index in [0.717, 1.165) is 83.5 Å². The first-order valence-electron chi connectivity index (χ1n) is 34.2. The van der Waals surface area contributed by atoms with Gasteiger partial charge in [0, 0.05) is 12.8 Å². The molecule has 0 saturated carbocycles. The van der Waals surface area contributed by atoms with Crippen molar-refractivity contribution < 1.29 is 42.9 Å². The molecular weight excluding hydrogens is 1020 g/mol. The van der Waals surface area contributed by atoms with E-state index in [2.05, 4.69) is 98.9 Å². The van der Waals surface area contributed by atoms with E-state index < -0.39 is 24.3 Å². The van der Waals surface area contributed by atoms with Crippen molar-refractivity contribution in [2.45, 2.75) is 315 Å². The van der Waals surface area contributed by atoms with Crippen molar-refractivity contribution in [1.29, 1.82) is 0 Å². The molecule has 2 atom stereocenters. The molecule has 2 unspecified atom stereocenters. The van der Waals surface area contributed by atoms with E-state index in [1.54, 1.807) is 0 Å². The van der Waals surface area contributed by atoms with Crippen LogP contribution in [0.2, 0.25) is 0 Å². The Morgan fingerprint density at radius 2 is 0.695 bits per heavy atom. The van der Waals surface area contributed by atoms with E-state index in [9.17, 15) is 19.5 Å². The number of carbonyl (C=O) groups is 3. The molecule has 0 amide bonds. The van der Waals surface area contributed by atoms with Crippen LogP contribution in [0.25, 0.3) is 0 Å². The van der Waals surface area contributed by atoms with Crippen LogP contribution >= 0.6 is 0 Å². The van der Waals surface area contributed by atoms with Crippen LogP contribution in [0.3, 0.4) is 0 Å². The molecular formula is C73H129NO8. The van der Waals surface area contributed by atoms with Crippen molar-refractivity contribution >= 4 is 17.9 Å². The third kappa shape index (κ3) is 64.0. The number of hydrogen-bond donors (Lipinski definition) is 0. The van der Waals surface area contributed by atoms with Crippen LogP contribution in [0.15, 0.2) is 85.1 Å². The minimum atomic E-state index is -1.62. The lowest BCUT2D eigenvalue weighted by atomic mass is 10.0. The van der Waals surface area contributed by atoms with Crippen LogP contribution in [0.4, 0.5) is 0 Å². The SMILES string of the molecule is CC/C=C\C/C=C\C/C=C\C/C=C\C/C=C\C/C=C\C/C=C\CCCCCCCCCCCCCCCCCC(=O)OC(COC(=O)CCCCCCCCCCCCCCCCCCCCCC)COC(OCC[N+](C)(C)C)C(=O)[O-]. The summed E-state index contributed by atoms with van der Waals surface area (Å²) in [5, 5.41) is 11.8. The molecule has 0 aliphatic heterocycles. The zero-order chi connectivity index (χ0) is 59.8. The maximum Gasteiger partial charge on any atom is 0.306 e. The van der Waals surface area contributed by atoms with Crippen LogP contribution in [0.5, 0.6) is 0 Å². The molecule has 9 nitrogen and oxygen atoms in total. The Balaban J connectivity index is 4.08. The zero-order valence-corrected chi connectivity index (χ0v) is 54.1. The van der Waals surface area contributed by atoms with Gasteiger partial charge in [-0.25, -0.2) is 0 Å². The third-order valence-corrected chi connectivity index (χ3v) is 14.9. The second kappa shape index (κ2) is 63.5. The highest BCUT2D eigenvalue weighted by Gasteiger charge is 2.22. The van der Waals surface area contributed by atoms with Gasteiger partial charge < -0.3 is 33.3 Å². The molecule has 0 radical (unpaired) electrons. The molecule has 0 aliphatic carbocycles. The van der Waals surface area contributed by atoms with Crippen molar-refractivity contribution in [3.8, 4) is 0 Å². The third-order valence-electron chi connectivity index (χ3n) is 14.9. The fourth-order valence-electron chi connectivity index (χ4n) is 9.70. The Hall–Kier alpha value is -3.53. The fraction of sp³-hybridized carbons (Fsp3) is 0.767. The predicted octanol–water partition coefficient (Wildman–Crippen LogP) is 19.7. The Morgan fingerprint density at radius 1 is 0.378 bits per heavy atom. The second-order valence-electron chi connectivity index (χ2n) is 24.1. The van der Waals surface area contributed by atoms with Crippen molar-refractivity contribution in [3.63, 3.8) is 0 Å². The fourth-order valence-corrected chi connectivity index (χ4v) is 9.70. The van der Waals surface area contributed by atoms with Gasteiger partial charge in [0.25, 0.3) is 0 Å². The molecule has 0 aromatic carbocycles. The number of aliphatic carboxylic acids is 1. The number of unbranched alkanes of at least 4 members (excludes halogenated alkanes) is 34. The number of ether oxygens (including phenoxy) is 4. The molecule has 0 N–H and O–H groups in total. The van der Waals surface area contributed by atoms with Crippen LogP contribution in [0.1, 0.15) is 303 Å². The number of allylic oxidation sites excluding steroid dienone is 14. The molecule has 0 aliphatic rings. The topological polar surface area (TPSA) is 111 Å². The lowest BCUT2D eigenvalue weighted by molar-refractivity contribution is -0.870. The standard InChI is InChI=1S/C73H129NO8/c1-6-8-10-12-14-16-18-20-22-24-26-28-29-30-31-32-33-34-35-36-37-38-39-40-41-42-43-44-46-48-50-52-54-56-58-60-62-64-71(76)82-69(68-81-73(72(77)78)79-66-65-74(3,4)5)67-80-70(75)63-61-59-57-55-53-51-49-47-45-27-25-23-21-19-17-15-13-11-9-7-2/h8,10,14,16,20,22,26,28,30-31,33-34,36-37,69,73H,6-7,9,11-13,15,17-19,21,23-25,27,29,32,35,38-68H2,1-5H3/b10-8-,16-14-,22-20-,28-26-,31-30-,34-33-,37-36-. The second-order valence-corrected chi connectivity index (χ2v) is 24.1. The number of carboxylic acid groups (broad SMARTS) is 1. The van der Waals surface area contributed by atoms with E-state index >= 15 is 0 Å². The van der Waals surface area contributed by atoms with Gasteiger partial charge in [-0.15, -0.1) is 0 Å². The summed E-state index contributed by atoms with van der Waals surface area (Å²) < 4.78 is 22.8. The molecule has 0 saturated heterocycles. The first-order chi connectivity index (χ1) is 40.1. The molecule has 0 aromatic heterocycles. The number of quaternary nitrogens is 1. The lowest BCUT2D eigenvalue weighted by Crippen LogP contribution is -2.44. The molecule has 9 heteroatoms. The Morgan fingerprint density at radius 3 is 1.04 bits per heavy atom. The Kier molecular flexibility index (Phi) is 60.8. The Labute approximate surface area is 506 Å². The number of carbonyl (C=O) groups excluding carboxylic acids is 3. The summed E-state index contributed by atoms with van der Waals surface area (Å²) in [6.45, 7) is 4.67. The zero-order valence-electron chi connectivity index (χ0n) is 54.1. The van der Waals surface area contributed by atoms with Gasteiger partial charge >= 0.3 is 11.9 Å². The number of likely N-dealkylation sites (N-methyl/N-ethyl adjacent to an activating group) is 1. The van der Waals surface area contributed by atoms with Gasteiger partial charge in [-0.05, 0) is 70.6 Å². The minimum Gasteiger partial charge on any atom is -0.545 e. The summed E-state index contributed by atoms with van der Waals surface area (Å²) >= 11 is 0. The average Bonchev–Trinajstić information content (AvgIpc) is 3.47. The molecule has 0 heterocycles. The van der Waals surface area contributed by atoms with Gasteiger partial charge in [0.05, 0.1) is 40.3 Å². The van der Waals surface area contributed by atoms with Gasteiger partial charge in [-0.1, -0.05) is 304 Å². The van der Waals surface area contributed by atoms with Crippen LogP contribution in [0, 0.1) is 0 Å². The maximum atomic E-state index is 12.9. The molecule has 0 bridgehead atoms. The first kappa shape index (κ1) is 78.5. The molecule has 82 heavy (non-hydrogen) atoms. The van der Waals surface area contributed by atoms with E-state index in [0.29, 0.717) is 23.9 Å². The lowest BCUT2D eigenvalue weighted by Gasteiger charge is -2.26. The van der Waals surface area contributed by atoms with Crippen molar-refractivity contribution in [1.82, 2.24) is 0 Å². The van der Waals surface area contributed by atoms with Gasteiger partial charge in [-0.2, -0.15) is 0 Å². The van der Waals surface area contributed by atoms with Gasteiger partial charge in [0.1, 0.15) is 13.2 Å². The van der Waals surface area contributed by atoms with Gasteiger partial charge in [0.15, 0.2) is 12.4 Å². The highest BCUT2D eigenvalue weighted by molar-refractivity contribution is 5.70. The normalized spacial score (nSPS) is 13.2. The maximum absolute atomic E-state index is 12.9. The van der Waals surface area contributed by atoms with Crippen LogP contribution in [-0.2, 0) is 33.3 Å². The van der Waals surface area contributed by atoms with Crippen LogP contribution in [-0.4, -0.2) is 82.3 Å².